The highest BCUT2D eigenvalue weighted by Crippen LogP contribution is 2.26. The first-order valence-electron chi connectivity index (χ1n) is 7.59. The van der Waals surface area contributed by atoms with Gasteiger partial charge in [-0.25, -0.2) is 14.8 Å². The van der Waals surface area contributed by atoms with Gasteiger partial charge in [-0.2, -0.15) is 11.3 Å². The van der Waals surface area contributed by atoms with Crippen LogP contribution in [0, 0.1) is 6.92 Å². The summed E-state index contributed by atoms with van der Waals surface area (Å²) in [6, 6.07) is 8.62. The number of benzene rings is 1. The Labute approximate surface area is 144 Å². The van der Waals surface area contributed by atoms with Crippen LogP contribution in [0.25, 0.3) is 11.4 Å². The van der Waals surface area contributed by atoms with E-state index in [1.54, 1.807) is 35.6 Å². The lowest BCUT2D eigenvalue weighted by atomic mass is 10.1. The zero-order valence-corrected chi connectivity index (χ0v) is 14.2. The predicted octanol–water partition coefficient (Wildman–Crippen LogP) is 4.52. The van der Waals surface area contributed by atoms with Crippen LogP contribution in [0.2, 0.25) is 0 Å². The van der Waals surface area contributed by atoms with Gasteiger partial charge in [-0.3, -0.25) is 0 Å². The van der Waals surface area contributed by atoms with E-state index < -0.39 is 5.97 Å². The summed E-state index contributed by atoms with van der Waals surface area (Å²) in [5.41, 5.74) is 4.04. The lowest BCUT2D eigenvalue weighted by Gasteiger charge is -2.14. The van der Waals surface area contributed by atoms with Crippen molar-refractivity contribution in [3.05, 3.63) is 57.9 Å². The molecule has 0 amide bonds. The molecule has 0 unspecified atom stereocenters. The highest BCUT2D eigenvalue weighted by molar-refractivity contribution is 7.08. The van der Waals surface area contributed by atoms with Crippen LogP contribution in [-0.4, -0.2) is 21.0 Å². The highest BCUT2D eigenvalue weighted by Gasteiger charge is 2.12. The van der Waals surface area contributed by atoms with Crippen LogP contribution in [0.5, 0.6) is 0 Å². The lowest BCUT2D eigenvalue weighted by molar-refractivity contribution is 0.0697. The quantitative estimate of drug-likeness (QED) is 0.715. The van der Waals surface area contributed by atoms with Gasteiger partial charge in [0.2, 0.25) is 0 Å². The average Bonchev–Trinajstić information content (AvgIpc) is 3.09. The SMILES string of the molecule is CCc1c(C)nc(-c2ccsc2)nc1Nc1ccc(C(=O)O)cc1. The topological polar surface area (TPSA) is 75.1 Å². The number of carbonyl (C=O) groups is 1. The number of thiophene rings is 1. The Morgan fingerprint density at radius 1 is 1.21 bits per heavy atom. The molecule has 1 aromatic carbocycles. The first kappa shape index (κ1) is 16.1. The molecule has 0 fully saturated rings. The average molecular weight is 339 g/mol. The van der Waals surface area contributed by atoms with Crippen molar-refractivity contribution in [2.45, 2.75) is 20.3 Å². The molecule has 24 heavy (non-hydrogen) atoms. The molecular formula is C18H17N3O2S. The van der Waals surface area contributed by atoms with Crippen LogP contribution in [0.3, 0.4) is 0 Å². The summed E-state index contributed by atoms with van der Waals surface area (Å²) in [5.74, 6) is 0.512. The van der Waals surface area contributed by atoms with E-state index in [0.29, 0.717) is 5.82 Å². The zero-order valence-electron chi connectivity index (χ0n) is 13.4. The summed E-state index contributed by atoms with van der Waals surface area (Å²) in [6.45, 7) is 4.05. The number of rotatable bonds is 5. The number of hydrogen-bond acceptors (Lipinski definition) is 5. The fourth-order valence-corrected chi connectivity index (χ4v) is 3.11. The normalized spacial score (nSPS) is 10.6. The van der Waals surface area contributed by atoms with Crippen LogP contribution >= 0.6 is 11.3 Å². The summed E-state index contributed by atoms with van der Waals surface area (Å²) < 4.78 is 0. The van der Waals surface area contributed by atoms with Crippen LogP contribution < -0.4 is 5.32 Å². The Hall–Kier alpha value is -2.73. The van der Waals surface area contributed by atoms with E-state index in [9.17, 15) is 4.79 Å². The Bertz CT molecular complexity index is 859. The fraction of sp³-hybridized carbons (Fsp3) is 0.167. The number of aromatic nitrogens is 2. The van der Waals surface area contributed by atoms with Crippen LogP contribution in [0.15, 0.2) is 41.1 Å². The number of nitrogens with zero attached hydrogens (tertiary/aromatic N) is 2. The van der Waals surface area contributed by atoms with Crippen molar-refractivity contribution in [3.8, 4) is 11.4 Å². The number of anilines is 2. The molecule has 0 atom stereocenters. The maximum absolute atomic E-state index is 11.0. The molecule has 3 aromatic rings. The summed E-state index contributed by atoms with van der Waals surface area (Å²) >= 11 is 1.61. The third-order valence-electron chi connectivity index (χ3n) is 3.74. The van der Waals surface area contributed by atoms with Gasteiger partial charge in [0.15, 0.2) is 5.82 Å². The molecular weight excluding hydrogens is 322 g/mol. The van der Waals surface area contributed by atoms with Gasteiger partial charge in [-0.1, -0.05) is 6.92 Å². The van der Waals surface area contributed by atoms with Crippen molar-refractivity contribution in [1.29, 1.82) is 0 Å². The van der Waals surface area contributed by atoms with Crippen molar-refractivity contribution < 1.29 is 9.90 Å². The van der Waals surface area contributed by atoms with E-state index in [-0.39, 0.29) is 5.56 Å². The van der Waals surface area contributed by atoms with Gasteiger partial charge in [-0.05, 0) is 49.1 Å². The lowest BCUT2D eigenvalue weighted by Crippen LogP contribution is -2.05. The van der Waals surface area contributed by atoms with Crippen LogP contribution in [-0.2, 0) is 6.42 Å². The molecule has 0 aliphatic rings. The first-order valence-corrected chi connectivity index (χ1v) is 8.53. The van der Waals surface area contributed by atoms with Crippen molar-refractivity contribution in [2.75, 3.05) is 5.32 Å². The molecule has 0 spiro atoms. The number of carboxylic acid groups (broad SMARTS) is 1. The van der Waals surface area contributed by atoms with E-state index in [1.165, 1.54) is 0 Å². The van der Waals surface area contributed by atoms with Gasteiger partial charge in [0.1, 0.15) is 5.82 Å². The predicted molar refractivity (Wildman–Crippen MR) is 96.1 cm³/mol. The minimum absolute atomic E-state index is 0.258. The molecule has 0 bridgehead atoms. The van der Waals surface area contributed by atoms with E-state index >= 15 is 0 Å². The van der Waals surface area contributed by atoms with Gasteiger partial charge >= 0.3 is 5.97 Å². The van der Waals surface area contributed by atoms with Crippen molar-refractivity contribution >= 4 is 28.8 Å². The Morgan fingerprint density at radius 2 is 1.96 bits per heavy atom. The third-order valence-corrected chi connectivity index (χ3v) is 4.42. The third kappa shape index (κ3) is 3.28. The number of aromatic carboxylic acids is 1. The molecule has 2 heterocycles. The summed E-state index contributed by atoms with van der Waals surface area (Å²) in [6.07, 6.45) is 0.811. The molecule has 0 saturated heterocycles. The van der Waals surface area contributed by atoms with Crippen molar-refractivity contribution in [1.82, 2.24) is 9.97 Å². The van der Waals surface area contributed by atoms with Gasteiger partial charge in [0.05, 0.1) is 5.56 Å². The summed E-state index contributed by atoms with van der Waals surface area (Å²) in [7, 11) is 0. The summed E-state index contributed by atoms with van der Waals surface area (Å²) in [4.78, 5) is 20.2. The maximum atomic E-state index is 11.0. The molecule has 6 heteroatoms. The Kier molecular flexibility index (Phi) is 4.57. The zero-order chi connectivity index (χ0) is 17.1. The van der Waals surface area contributed by atoms with Gasteiger partial charge in [0, 0.05) is 27.9 Å². The van der Waals surface area contributed by atoms with Crippen LogP contribution in [0.1, 0.15) is 28.5 Å². The first-order chi connectivity index (χ1) is 11.6. The molecule has 0 radical (unpaired) electrons. The second kappa shape index (κ2) is 6.80. The molecule has 3 rings (SSSR count). The minimum Gasteiger partial charge on any atom is -0.478 e. The van der Waals surface area contributed by atoms with Crippen molar-refractivity contribution in [2.24, 2.45) is 0 Å². The minimum atomic E-state index is -0.937. The van der Waals surface area contributed by atoms with Crippen molar-refractivity contribution in [3.63, 3.8) is 0 Å². The van der Waals surface area contributed by atoms with E-state index in [0.717, 1.165) is 34.7 Å². The highest BCUT2D eigenvalue weighted by atomic mass is 32.1. The Balaban J connectivity index is 1.98. The van der Waals surface area contributed by atoms with E-state index in [2.05, 4.69) is 22.2 Å². The Morgan fingerprint density at radius 3 is 2.54 bits per heavy atom. The molecule has 5 nitrogen and oxygen atoms in total. The second-order valence-electron chi connectivity index (χ2n) is 5.33. The molecule has 2 N–H and O–H groups in total. The monoisotopic (exact) mass is 339 g/mol. The second-order valence-corrected chi connectivity index (χ2v) is 6.11. The summed E-state index contributed by atoms with van der Waals surface area (Å²) in [5, 5.41) is 16.3. The molecule has 0 saturated carbocycles. The maximum Gasteiger partial charge on any atom is 0.335 e. The van der Waals surface area contributed by atoms with Crippen LogP contribution in [0.4, 0.5) is 11.5 Å². The number of aryl methyl sites for hydroxylation is 1. The molecule has 2 aromatic heterocycles. The standard InChI is InChI=1S/C18H17N3O2S/c1-3-15-11(2)19-16(13-8-9-24-10-13)21-17(15)20-14-6-4-12(5-7-14)18(22)23/h4-10H,3H2,1-2H3,(H,22,23)(H,19,20,21). The number of nitrogens with one attached hydrogen (secondary N) is 1. The van der Waals surface area contributed by atoms with E-state index in [1.807, 2.05) is 23.8 Å². The van der Waals surface area contributed by atoms with Gasteiger partial charge in [0.25, 0.3) is 0 Å². The number of carboxylic acids is 1. The van der Waals surface area contributed by atoms with Gasteiger partial charge in [-0.15, -0.1) is 0 Å². The molecule has 122 valence electrons. The number of hydrogen-bond donors (Lipinski definition) is 2. The smallest absolute Gasteiger partial charge is 0.335 e. The fourth-order valence-electron chi connectivity index (χ4n) is 2.48. The molecule has 0 aliphatic heterocycles. The van der Waals surface area contributed by atoms with Gasteiger partial charge < -0.3 is 10.4 Å². The molecule has 0 aliphatic carbocycles. The van der Waals surface area contributed by atoms with E-state index in [4.69, 9.17) is 5.11 Å². The largest absolute Gasteiger partial charge is 0.478 e.